The van der Waals surface area contributed by atoms with Crippen LogP contribution < -0.4 is 5.32 Å². The van der Waals surface area contributed by atoms with Crippen molar-refractivity contribution in [2.45, 2.75) is 31.7 Å². The number of likely N-dealkylation sites (tertiary alicyclic amines) is 1. The highest BCUT2D eigenvalue weighted by molar-refractivity contribution is 7.10. The van der Waals surface area contributed by atoms with Crippen LogP contribution in [0.1, 0.15) is 36.6 Å². The van der Waals surface area contributed by atoms with E-state index in [1.165, 1.54) is 17.0 Å². The van der Waals surface area contributed by atoms with Gasteiger partial charge in [-0.3, -0.25) is 0 Å². The van der Waals surface area contributed by atoms with Crippen molar-refractivity contribution in [2.24, 2.45) is 0 Å². The molecular formula is C17H19FN2OS. The van der Waals surface area contributed by atoms with Crippen LogP contribution in [0, 0.1) is 5.82 Å². The van der Waals surface area contributed by atoms with E-state index in [1.807, 2.05) is 16.3 Å². The zero-order valence-corrected chi connectivity index (χ0v) is 13.1. The Morgan fingerprint density at radius 1 is 1.23 bits per heavy atom. The number of hydrogen-bond acceptors (Lipinski definition) is 2. The van der Waals surface area contributed by atoms with E-state index in [9.17, 15) is 9.18 Å². The second-order valence-electron chi connectivity index (χ2n) is 5.51. The van der Waals surface area contributed by atoms with Crippen molar-refractivity contribution in [2.75, 3.05) is 11.9 Å². The Labute approximate surface area is 133 Å². The van der Waals surface area contributed by atoms with Gasteiger partial charge in [0, 0.05) is 17.1 Å². The minimum absolute atomic E-state index is 0.121. The molecule has 0 radical (unpaired) electrons. The Morgan fingerprint density at radius 2 is 2.14 bits per heavy atom. The van der Waals surface area contributed by atoms with Crippen LogP contribution in [0.3, 0.4) is 0 Å². The highest BCUT2D eigenvalue weighted by Gasteiger charge is 2.27. The molecule has 0 bridgehead atoms. The van der Waals surface area contributed by atoms with Crippen LogP contribution in [-0.4, -0.2) is 17.5 Å². The predicted octanol–water partition coefficient (Wildman–Crippen LogP) is 5.04. The van der Waals surface area contributed by atoms with Crippen LogP contribution in [-0.2, 0) is 0 Å². The molecule has 0 saturated carbocycles. The number of halogens is 1. The lowest BCUT2D eigenvalue weighted by Gasteiger charge is -2.29. The number of benzene rings is 1. The van der Waals surface area contributed by atoms with Gasteiger partial charge in [-0.25, -0.2) is 9.18 Å². The second-order valence-corrected chi connectivity index (χ2v) is 6.49. The summed E-state index contributed by atoms with van der Waals surface area (Å²) in [5, 5.41) is 4.87. The maximum absolute atomic E-state index is 13.3. The first-order chi connectivity index (χ1) is 10.7. The number of nitrogens with zero attached hydrogens (tertiary/aromatic N) is 1. The van der Waals surface area contributed by atoms with E-state index in [-0.39, 0.29) is 17.9 Å². The van der Waals surface area contributed by atoms with Gasteiger partial charge in [0.1, 0.15) is 5.82 Å². The number of anilines is 1. The van der Waals surface area contributed by atoms with E-state index in [0.29, 0.717) is 5.69 Å². The first-order valence-corrected chi connectivity index (χ1v) is 8.48. The Kier molecular flexibility index (Phi) is 4.73. The molecule has 1 N–H and O–H groups in total. The fourth-order valence-corrected chi connectivity index (χ4v) is 3.76. The van der Waals surface area contributed by atoms with Crippen LogP contribution in [0.5, 0.6) is 0 Å². The van der Waals surface area contributed by atoms with Gasteiger partial charge in [0.2, 0.25) is 0 Å². The number of hydrogen-bond donors (Lipinski definition) is 1. The monoisotopic (exact) mass is 318 g/mol. The lowest BCUT2D eigenvalue weighted by Crippen LogP contribution is -2.37. The number of urea groups is 1. The predicted molar refractivity (Wildman–Crippen MR) is 87.7 cm³/mol. The van der Waals surface area contributed by atoms with E-state index >= 15 is 0 Å². The van der Waals surface area contributed by atoms with Gasteiger partial charge in [-0.05, 0) is 42.5 Å². The number of amides is 2. The molecule has 1 aromatic heterocycles. The molecule has 1 aliphatic heterocycles. The molecule has 1 atom stereocenters. The quantitative estimate of drug-likeness (QED) is 0.827. The van der Waals surface area contributed by atoms with Gasteiger partial charge in [0.05, 0.1) is 6.04 Å². The fraction of sp³-hybridized carbons (Fsp3) is 0.353. The molecular weight excluding hydrogens is 299 g/mol. The van der Waals surface area contributed by atoms with Gasteiger partial charge in [0.25, 0.3) is 0 Å². The number of rotatable bonds is 2. The van der Waals surface area contributed by atoms with Gasteiger partial charge < -0.3 is 10.2 Å². The molecule has 1 unspecified atom stereocenters. The van der Waals surface area contributed by atoms with Crippen LogP contribution in [0.4, 0.5) is 14.9 Å². The third-order valence-electron chi connectivity index (χ3n) is 3.96. The van der Waals surface area contributed by atoms with Gasteiger partial charge in [-0.2, -0.15) is 0 Å². The summed E-state index contributed by atoms with van der Waals surface area (Å²) in [7, 11) is 0. The molecule has 1 aromatic carbocycles. The largest absolute Gasteiger partial charge is 0.322 e. The number of carbonyl (C=O) groups is 1. The lowest BCUT2D eigenvalue weighted by atomic mass is 10.1. The number of carbonyl (C=O) groups excluding carboxylic acids is 1. The van der Waals surface area contributed by atoms with Crippen molar-refractivity contribution in [3.63, 3.8) is 0 Å². The summed E-state index contributed by atoms with van der Waals surface area (Å²) in [6.45, 7) is 0.740. The Bertz CT molecular complexity index is 629. The van der Waals surface area contributed by atoms with Crippen molar-refractivity contribution in [3.8, 4) is 0 Å². The molecule has 1 fully saturated rings. The van der Waals surface area contributed by atoms with Crippen molar-refractivity contribution in [1.82, 2.24) is 4.90 Å². The third kappa shape index (κ3) is 3.47. The molecule has 0 spiro atoms. The van der Waals surface area contributed by atoms with Gasteiger partial charge in [-0.1, -0.05) is 25.0 Å². The maximum Gasteiger partial charge on any atom is 0.322 e. The first kappa shape index (κ1) is 15.0. The van der Waals surface area contributed by atoms with Crippen molar-refractivity contribution < 1.29 is 9.18 Å². The summed E-state index contributed by atoms with van der Waals surface area (Å²) in [4.78, 5) is 15.7. The molecule has 3 nitrogen and oxygen atoms in total. The molecule has 2 aromatic rings. The third-order valence-corrected chi connectivity index (χ3v) is 4.93. The minimum atomic E-state index is -0.344. The number of nitrogens with one attached hydrogen (secondary N) is 1. The first-order valence-electron chi connectivity index (χ1n) is 7.60. The van der Waals surface area contributed by atoms with E-state index in [2.05, 4.69) is 11.4 Å². The van der Waals surface area contributed by atoms with Crippen LogP contribution in [0.2, 0.25) is 0 Å². The summed E-state index contributed by atoms with van der Waals surface area (Å²) in [6, 6.07) is 10.1. The summed E-state index contributed by atoms with van der Waals surface area (Å²) >= 11 is 1.69. The highest BCUT2D eigenvalue weighted by atomic mass is 32.1. The lowest BCUT2D eigenvalue weighted by molar-refractivity contribution is 0.190. The van der Waals surface area contributed by atoms with Gasteiger partial charge in [0.15, 0.2) is 0 Å². The van der Waals surface area contributed by atoms with Crippen LogP contribution >= 0.6 is 11.3 Å². The summed E-state index contributed by atoms with van der Waals surface area (Å²) in [5.41, 5.74) is 0.499. The van der Waals surface area contributed by atoms with Gasteiger partial charge in [-0.15, -0.1) is 11.3 Å². The molecule has 0 aliphatic carbocycles. The Balaban J connectivity index is 1.78. The molecule has 5 heteroatoms. The topological polar surface area (TPSA) is 32.3 Å². The van der Waals surface area contributed by atoms with E-state index in [4.69, 9.17) is 0 Å². The average molecular weight is 318 g/mol. The summed E-state index contributed by atoms with van der Waals surface area (Å²) < 4.78 is 13.3. The fourth-order valence-electron chi connectivity index (χ4n) is 2.89. The van der Waals surface area contributed by atoms with E-state index in [0.717, 1.165) is 32.2 Å². The molecule has 22 heavy (non-hydrogen) atoms. The van der Waals surface area contributed by atoms with E-state index in [1.54, 1.807) is 23.5 Å². The van der Waals surface area contributed by atoms with Crippen molar-refractivity contribution >= 4 is 23.1 Å². The second kappa shape index (κ2) is 6.92. The zero-order valence-electron chi connectivity index (χ0n) is 12.3. The van der Waals surface area contributed by atoms with Crippen LogP contribution in [0.15, 0.2) is 41.8 Å². The Hall–Kier alpha value is -1.88. The normalized spacial score (nSPS) is 18.8. The van der Waals surface area contributed by atoms with Crippen molar-refractivity contribution in [3.05, 3.63) is 52.5 Å². The molecule has 1 saturated heterocycles. The highest BCUT2D eigenvalue weighted by Crippen LogP contribution is 2.33. The molecule has 3 rings (SSSR count). The smallest absolute Gasteiger partial charge is 0.317 e. The summed E-state index contributed by atoms with van der Waals surface area (Å²) in [6.07, 6.45) is 4.27. The SMILES string of the molecule is O=C(Nc1cccc(F)c1)N1CCCCCC1c1cccs1. The Morgan fingerprint density at radius 3 is 2.91 bits per heavy atom. The zero-order chi connectivity index (χ0) is 15.4. The molecule has 2 amide bonds. The molecule has 116 valence electrons. The van der Waals surface area contributed by atoms with E-state index < -0.39 is 0 Å². The van der Waals surface area contributed by atoms with Crippen LogP contribution in [0.25, 0.3) is 0 Å². The standard InChI is InChI=1S/C17H19FN2OS/c18-13-6-4-7-14(12-13)19-17(21)20-10-3-1-2-8-15(20)16-9-5-11-22-16/h4-7,9,11-12,15H,1-3,8,10H2,(H,19,21). The van der Waals surface area contributed by atoms with Crippen molar-refractivity contribution in [1.29, 1.82) is 0 Å². The summed E-state index contributed by atoms with van der Waals surface area (Å²) in [5.74, 6) is -0.344. The maximum atomic E-state index is 13.3. The molecule has 2 heterocycles. The van der Waals surface area contributed by atoms with Gasteiger partial charge >= 0.3 is 6.03 Å². The average Bonchev–Trinajstić information content (AvgIpc) is 2.91. The number of thiophene rings is 1. The minimum Gasteiger partial charge on any atom is -0.317 e. The molecule has 1 aliphatic rings.